The molecule has 1 aliphatic heterocycles. The molecule has 112 valence electrons. The van der Waals surface area contributed by atoms with Crippen LogP contribution in [0.2, 0.25) is 0 Å². The molecule has 0 amide bonds. The quantitative estimate of drug-likeness (QED) is 0.815. The Kier molecular flexibility index (Phi) is 3.69. The number of hydrogen-bond acceptors (Lipinski definition) is 4. The van der Waals surface area contributed by atoms with Gasteiger partial charge in [0.25, 0.3) is 0 Å². The lowest BCUT2D eigenvalue weighted by Crippen LogP contribution is -2.39. The maximum atomic E-state index is 6.50. The van der Waals surface area contributed by atoms with Gasteiger partial charge in [-0.25, -0.2) is 4.99 Å². The summed E-state index contributed by atoms with van der Waals surface area (Å²) in [6.07, 6.45) is 3.55. The van der Waals surface area contributed by atoms with E-state index < -0.39 is 5.66 Å². The molecule has 22 heavy (non-hydrogen) atoms. The first kappa shape index (κ1) is 14.4. The Morgan fingerprint density at radius 3 is 2.50 bits per heavy atom. The van der Waals surface area contributed by atoms with Crippen LogP contribution in [0.25, 0.3) is 0 Å². The molecule has 1 aliphatic rings. The van der Waals surface area contributed by atoms with Crippen LogP contribution < -0.4 is 16.4 Å². The minimum Gasteiger partial charge on any atom is -0.342 e. The Morgan fingerprint density at radius 2 is 1.77 bits per heavy atom. The van der Waals surface area contributed by atoms with Gasteiger partial charge in [-0.05, 0) is 31.5 Å². The van der Waals surface area contributed by atoms with E-state index in [1.54, 1.807) is 6.34 Å². The summed E-state index contributed by atoms with van der Waals surface area (Å²) in [5, 5.41) is 6.44. The highest BCUT2D eigenvalue weighted by Crippen LogP contribution is 2.27. The van der Waals surface area contributed by atoms with E-state index in [0.29, 0.717) is 0 Å². The minimum absolute atomic E-state index is 0.824. The van der Waals surface area contributed by atoms with E-state index >= 15 is 0 Å². The van der Waals surface area contributed by atoms with E-state index in [9.17, 15) is 0 Å². The molecule has 2 aromatic carbocycles. The van der Waals surface area contributed by atoms with Crippen molar-refractivity contribution in [2.24, 2.45) is 10.7 Å². The number of nitrogens with zero attached hydrogens (tertiary/aromatic N) is 1. The van der Waals surface area contributed by atoms with Gasteiger partial charge >= 0.3 is 0 Å². The topological polar surface area (TPSA) is 62.4 Å². The number of aliphatic imine (C=N–C) groups is 1. The van der Waals surface area contributed by atoms with Crippen LogP contribution >= 0.6 is 0 Å². The molecule has 1 heterocycles. The van der Waals surface area contributed by atoms with Gasteiger partial charge in [-0.15, -0.1) is 0 Å². The summed E-state index contributed by atoms with van der Waals surface area (Å²) in [6, 6.07) is 16.2. The molecule has 4 N–H and O–H groups in total. The summed E-state index contributed by atoms with van der Waals surface area (Å²) in [4.78, 5) is 4.42. The van der Waals surface area contributed by atoms with Gasteiger partial charge in [-0.1, -0.05) is 42.0 Å². The first-order valence-electron chi connectivity index (χ1n) is 7.29. The van der Waals surface area contributed by atoms with Crippen molar-refractivity contribution < 1.29 is 0 Å². The molecule has 1 atom stereocenters. The lowest BCUT2D eigenvalue weighted by Gasteiger charge is -2.28. The van der Waals surface area contributed by atoms with E-state index in [0.717, 1.165) is 22.6 Å². The molecule has 3 rings (SSSR count). The summed E-state index contributed by atoms with van der Waals surface area (Å²) < 4.78 is 0. The van der Waals surface area contributed by atoms with Crippen molar-refractivity contribution in [1.82, 2.24) is 5.32 Å². The standard InChI is InChI=1S/C18H20N4/c1-13-7-9-15(10-8-13)22-17-11-18(19,21-12-20-17)16-6-4-3-5-14(16)2/h3-12,22H,19H2,1-2H3,(H,20,21). The number of aryl methyl sites for hydroxylation is 2. The van der Waals surface area contributed by atoms with Gasteiger partial charge in [0.05, 0.1) is 6.34 Å². The maximum absolute atomic E-state index is 6.50. The lowest BCUT2D eigenvalue weighted by molar-refractivity contribution is 0.577. The molecule has 0 aliphatic carbocycles. The summed E-state index contributed by atoms with van der Waals surface area (Å²) in [5.74, 6) is 0.824. The fourth-order valence-electron chi connectivity index (χ4n) is 2.54. The van der Waals surface area contributed by atoms with Gasteiger partial charge in [0, 0.05) is 17.3 Å². The fourth-order valence-corrected chi connectivity index (χ4v) is 2.54. The van der Waals surface area contributed by atoms with Crippen molar-refractivity contribution in [3.8, 4) is 0 Å². The van der Waals surface area contributed by atoms with Gasteiger partial charge in [0.15, 0.2) is 5.66 Å². The van der Waals surface area contributed by atoms with Crippen molar-refractivity contribution in [3.63, 3.8) is 0 Å². The molecule has 0 radical (unpaired) electrons. The summed E-state index contributed by atoms with van der Waals surface area (Å²) >= 11 is 0. The van der Waals surface area contributed by atoms with Crippen molar-refractivity contribution in [2.75, 3.05) is 5.32 Å². The third-order valence-corrected chi connectivity index (χ3v) is 3.77. The highest BCUT2D eigenvalue weighted by molar-refractivity contribution is 5.65. The fraction of sp³-hybridized carbons (Fsp3) is 0.167. The highest BCUT2D eigenvalue weighted by atomic mass is 15.2. The second kappa shape index (κ2) is 5.66. The van der Waals surface area contributed by atoms with Crippen LogP contribution in [0.4, 0.5) is 5.69 Å². The molecule has 0 spiro atoms. The molecular weight excluding hydrogens is 272 g/mol. The predicted octanol–water partition coefficient (Wildman–Crippen LogP) is 3.00. The average molecular weight is 292 g/mol. The Labute approximate surface area is 130 Å². The lowest BCUT2D eigenvalue weighted by atomic mass is 9.95. The SMILES string of the molecule is Cc1ccc(NC2=CC(N)(c3ccccc3C)N=CN2)cc1. The van der Waals surface area contributed by atoms with Crippen LogP contribution in [-0.2, 0) is 5.66 Å². The normalized spacial score (nSPS) is 20.2. The van der Waals surface area contributed by atoms with Gasteiger partial charge < -0.3 is 10.6 Å². The number of hydrogen-bond donors (Lipinski definition) is 3. The number of anilines is 1. The van der Waals surface area contributed by atoms with Crippen LogP contribution in [-0.4, -0.2) is 6.34 Å². The summed E-state index contributed by atoms with van der Waals surface area (Å²) in [5.41, 5.74) is 9.99. The van der Waals surface area contributed by atoms with Crippen LogP contribution in [0, 0.1) is 13.8 Å². The molecule has 0 saturated carbocycles. The Balaban J connectivity index is 1.89. The maximum Gasteiger partial charge on any atom is 0.158 e. The molecule has 2 aromatic rings. The molecule has 0 fully saturated rings. The first-order chi connectivity index (χ1) is 10.6. The second-order valence-corrected chi connectivity index (χ2v) is 5.59. The zero-order chi connectivity index (χ0) is 15.6. The molecule has 0 aromatic heterocycles. The van der Waals surface area contributed by atoms with Gasteiger partial charge in [-0.3, -0.25) is 5.73 Å². The van der Waals surface area contributed by atoms with Crippen LogP contribution in [0.15, 0.2) is 65.4 Å². The second-order valence-electron chi connectivity index (χ2n) is 5.59. The first-order valence-corrected chi connectivity index (χ1v) is 7.29. The number of nitrogens with two attached hydrogens (primary N) is 1. The molecule has 0 saturated heterocycles. The van der Waals surface area contributed by atoms with E-state index in [4.69, 9.17) is 5.73 Å². The number of rotatable bonds is 3. The summed E-state index contributed by atoms with van der Waals surface area (Å²) in [7, 11) is 0. The van der Waals surface area contributed by atoms with Crippen LogP contribution in [0.5, 0.6) is 0 Å². The van der Waals surface area contributed by atoms with E-state index in [1.165, 1.54) is 5.56 Å². The third-order valence-electron chi connectivity index (χ3n) is 3.77. The van der Waals surface area contributed by atoms with Gasteiger partial charge in [0.2, 0.25) is 0 Å². The van der Waals surface area contributed by atoms with E-state index in [2.05, 4.69) is 34.7 Å². The Bertz CT molecular complexity index is 731. The summed E-state index contributed by atoms with van der Waals surface area (Å²) in [6.45, 7) is 4.11. The number of nitrogens with one attached hydrogen (secondary N) is 2. The molecular formula is C18H20N4. The van der Waals surface area contributed by atoms with Crippen LogP contribution in [0.3, 0.4) is 0 Å². The number of benzene rings is 2. The van der Waals surface area contributed by atoms with E-state index in [-0.39, 0.29) is 0 Å². The molecule has 4 heteroatoms. The molecule has 4 nitrogen and oxygen atoms in total. The minimum atomic E-state index is -0.858. The van der Waals surface area contributed by atoms with Crippen molar-refractivity contribution in [1.29, 1.82) is 0 Å². The Hall–Kier alpha value is -2.59. The zero-order valence-electron chi connectivity index (χ0n) is 12.8. The average Bonchev–Trinajstić information content (AvgIpc) is 2.50. The van der Waals surface area contributed by atoms with Crippen molar-refractivity contribution in [2.45, 2.75) is 19.5 Å². The monoisotopic (exact) mass is 292 g/mol. The van der Waals surface area contributed by atoms with E-state index in [1.807, 2.05) is 49.4 Å². The Morgan fingerprint density at radius 1 is 1.05 bits per heavy atom. The van der Waals surface area contributed by atoms with Gasteiger partial charge in [-0.2, -0.15) is 0 Å². The highest BCUT2D eigenvalue weighted by Gasteiger charge is 2.28. The molecule has 1 unspecified atom stereocenters. The zero-order valence-corrected chi connectivity index (χ0v) is 12.8. The largest absolute Gasteiger partial charge is 0.342 e. The molecule has 0 bridgehead atoms. The van der Waals surface area contributed by atoms with Crippen molar-refractivity contribution in [3.05, 3.63) is 77.1 Å². The third kappa shape index (κ3) is 2.87. The van der Waals surface area contributed by atoms with Gasteiger partial charge in [0.1, 0.15) is 5.82 Å². The predicted molar refractivity (Wildman–Crippen MR) is 91.6 cm³/mol. The smallest absolute Gasteiger partial charge is 0.158 e. The van der Waals surface area contributed by atoms with Crippen molar-refractivity contribution >= 4 is 12.0 Å². The van der Waals surface area contributed by atoms with Crippen LogP contribution in [0.1, 0.15) is 16.7 Å².